The van der Waals surface area contributed by atoms with Crippen molar-refractivity contribution in [2.24, 2.45) is 0 Å². The van der Waals surface area contributed by atoms with Gasteiger partial charge in [-0.1, -0.05) is 29.3 Å². The molecule has 2 rings (SSSR count). The van der Waals surface area contributed by atoms with Crippen LogP contribution in [0.1, 0.15) is 17.3 Å². The molecule has 2 N–H and O–H groups in total. The molecule has 0 spiro atoms. The van der Waals surface area contributed by atoms with Crippen molar-refractivity contribution in [1.29, 1.82) is 0 Å². The Balaban J connectivity index is 2.05. The summed E-state index contributed by atoms with van der Waals surface area (Å²) < 4.78 is 6.10. The molecule has 2 aromatic carbocycles. The fraction of sp³-hybridized carbons (Fsp3) is 0.125. The molecule has 0 unspecified atom stereocenters. The van der Waals surface area contributed by atoms with E-state index in [0.29, 0.717) is 38.1 Å². The van der Waals surface area contributed by atoms with E-state index in [4.69, 9.17) is 40.2 Å². The highest BCUT2D eigenvalue weighted by molar-refractivity contribution is 9.10. The van der Waals surface area contributed by atoms with Crippen LogP contribution in [0.2, 0.25) is 10.0 Å². The van der Waals surface area contributed by atoms with Gasteiger partial charge in [-0.15, -0.1) is 0 Å². The average molecular weight is 448 g/mol. The SMILES string of the molecule is CCOc1ccc(C(=O)NC(=S)Nc2cccc(Cl)c2Cl)cc1Br. The minimum atomic E-state index is -0.352. The minimum Gasteiger partial charge on any atom is -0.493 e. The van der Waals surface area contributed by atoms with E-state index in [1.54, 1.807) is 36.4 Å². The van der Waals surface area contributed by atoms with Gasteiger partial charge in [-0.2, -0.15) is 0 Å². The Morgan fingerprint density at radius 1 is 1.29 bits per heavy atom. The molecule has 0 aliphatic carbocycles. The van der Waals surface area contributed by atoms with E-state index in [9.17, 15) is 4.79 Å². The van der Waals surface area contributed by atoms with Crippen LogP contribution in [0.5, 0.6) is 5.75 Å². The maximum Gasteiger partial charge on any atom is 0.257 e. The molecule has 4 nitrogen and oxygen atoms in total. The van der Waals surface area contributed by atoms with Gasteiger partial charge in [0.15, 0.2) is 5.11 Å². The van der Waals surface area contributed by atoms with E-state index >= 15 is 0 Å². The summed E-state index contributed by atoms with van der Waals surface area (Å²) in [5.41, 5.74) is 0.953. The van der Waals surface area contributed by atoms with Gasteiger partial charge in [-0.25, -0.2) is 0 Å². The topological polar surface area (TPSA) is 50.4 Å². The van der Waals surface area contributed by atoms with Crippen molar-refractivity contribution < 1.29 is 9.53 Å². The summed E-state index contributed by atoms with van der Waals surface area (Å²) in [5.74, 6) is 0.315. The summed E-state index contributed by atoms with van der Waals surface area (Å²) in [5, 5.41) is 6.28. The maximum absolute atomic E-state index is 12.3. The van der Waals surface area contributed by atoms with Gasteiger partial charge in [-0.05, 0) is 65.4 Å². The number of carbonyl (C=O) groups excluding carboxylic acids is 1. The second-order valence-electron chi connectivity index (χ2n) is 4.59. The molecule has 0 aliphatic heterocycles. The summed E-state index contributed by atoms with van der Waals surface area (Å²) >= 11 is 20.5. The standard InChI is InChI=1S/C16H13BrCl2N2O2S/c1-2-23-13-7-6-9(8-10(13)17)15(22)21-16(24)20-12-5-3-4-11(18)14(12)19/h3-8H,2H2,1H3,(H2,20,21,22,24). The van der Waals surface area contributed by atoms with Gasteiger partial charge in [0.2, 0.25) is 0 Å². The molecular weight excluding hydrogens is 435 g/mol. The van der Waals surface area contributed by atoms with Gasteiger partial charge in [-0.3, -0.25) is 10.1 Å². The van der Waals surface area contributed by atoms with Gasteiger partial charge >= 0.3 is 0 Å². The molecule has 126 valence electrons. The number of hydrogen-bond acceptors (Lipinski definition) is 3. The van der Waals surface area contributed by atoms with E-state index in [1.165, 1.54) is 0 Å². The van der Waals surface area contributed by atoms with Crippen LogP contribution >= 0.6 is 51.3 Å². The Morgan fingerprint density at radius 2 is 2.04 bits per heavy atom. The van der Waals surface area contributed by atoms with Crippen LogP contribution in [0.4, 0.5) is 5.69 Å². The first-order valence-electron chi connectivity index (χ1n) is 6.91. The number of carbonyl (C=O) groups is 1. The zero-order valence-corrected chi connectivity index (χ0v) is 16.4. The maximum atomic E-state index is 12.3. The molecular formula is C16H13BrCl2N2O2S. The van der Waals surface area contributed by atoms with E-state index < -0.39 is 0 Å². The molecule has 0 fully saturated rings. The lowest BCUT2D eigenvalue weighted by atomic mass is 10.2. The van der Waals surface area contributed by atoms with Crippen LogP contribution in [0, 0.1) is 0 Å². The molecule has 2 aromatic rings. The number of rotatable bonds is 4. The average Bonchev–Trinajstić information content (AvgIpc) is 2.54. The lowest BCUT2D eigenvalue weighted by molar-refractivity contribution is 0.0977. The number of hydrogen-bond donors (Lipinski definition) is 2. The van der Waals surface area contributed by atoms with E-state index in [2.05, 4.69) is 26.6 Å². The third-order valence-electron chi connectivity index (χ3n) is 2.92. The highest BCUT2D eigenvalue weighted by atomic mass is 79.9. The molecule has 0 atom stereocenters. The first kappa shape index (κ1) is 19.0. The Hall–Kier alpha value is -1.34. The molecule has 0 saturated heterocycles. The molecule has 0 aromatic heterocycles. The molecule has 0 saturated carbocycles. The number of benzene rings is 2. The number of ether oxygens (including phenoxy) is 1. The normalized spacial score (nSPS) is 10.2. The third-order valence-corrected chi connectivity index (χ3v) is 4.56. The molecule has 0 radical (unpaired) electrons. The Morgan fingerprint density at radius 3 is 2.71 bits per heavy atom. The number of halogens is 3. The monoisotopic (exact) mass is 446 g/mol. The van der Waals surface area contributed by atoms with Crippen molar-refractivity contribution >= 4 is 68.1 Å². The van der Waals surface area contributed by atoms with Crippen LogP contribution in [0.3, 0.4) is 0 Å². The Labute approximate surface area is 163 Å². The van der Waals surface area contributed by atoms with Crippen LogP contribution < -0.4 is 15.4 Å². The number of amides is 1. The van der Waals surface area contributed by atoms with E-state index in [0.717, 1.165) is 0 Å². The van der Waals surface area contributed by atoms with Gasteiger partial charge < -0.3 is 10.1 Å². The fourth-order valence-electron chi connectivity index (χ4n) is 1.84. The Bertz CT molecular complexity index is 787. The number of nitrogens with one attached hydrogen (secondary N) is 2. The summed E-state index contributed by atoms with van der Waals surface area (Å²) in [6, 6.07) is 10.1. The summed E-state index contributed by atoms with van der Waals surface area (Å²) in [4.78, 5) is 12.3. The predicted molar refractivity (Wildman–Crippen MR) is 105 cm³/mol. The summed E-state index contributed by atoms with van der Waals surface area (Å²) in [7, 11) is 0. The molecule has 24 heavy (non-hydrogen) atoms. The van der Waals surface area contributed by atoms with Crippen molar-refractivity contribution in [3.8, 4) is 5.75 Å². The van der Waals surface area contributed by atoms with Crippen molar-refractivity contribution in [1.82, 2.24) is 5.32 Å². The van der Waals surface area contributed by atoms with Crippen LogP contribution in [-0.2, 0) is 0 Å². The zero-order valence-electron chi connectivity index (χ0n) is 12.5. The van der Waals surface area contributed by atoms with E-state index in [-0.39, 0.29) is 11.0 Å². The highest BCUT2D eigenvalue weighted by Gasteiger charge is 2.12. The van der Waals surface area contributed by atoms with Gasteiger partial charge in [0.25, 0.3) is 5.91 Å². The van der Waals surface area contributed by atoms with Gasteiger partial charge in [0.05, 0.1) is 26.8 Å². The smallest absolute Gasteiger partial charge is 0.257 e. The molecule has 8 heteroatoms. The van der Waals surface area contributed by atoms with Crippen molar-refractivity contribution in [3.05, 3.63) is 56.5 Å². The highest BCUT2D eigenvalue weighted by Crippen LogP contribution is 2.29. The Kier molecular flexibility index (Phi) is 6.86. The number of anilines is 1. The molecule has 0 aliphatic rings. The number of thiocarbonyl (C=S) groups is 1. The molecule has 1 amide bonds. The minimum absolute atomic E-state index is 0.120. The van der Waals surface area contributed by atoms with Crippen molar-refractivity contribution in [2.45, 2.75) is 6.92 Å². The van der Waals surface area contributed by atoms with Crippen LogP contribution in [-0.4, -0.2) is 17.6 Å². The predicted octanol–water partition coefficient (Wildman–Crippen LogP) is 5.28. The largest absolute Gasteiger partial charge is 0.493 e. The molecule has 0 bridgehead atoms. The second-order valence-corrected chi connectivity index (χ2v) is 6.64. The van der Waals surface area contributed by atoms with Crippen LogP contribution in [0.25, 0.3) is 0 Å². The van der Waals surface area contributed by atoms with E-state index in [1.807, 2.05) is 6.92 Å². The molecule has 0 heterocycles. The van der Waals surface area contributed by atoms with Crippen LogP contribution in [0.15, 0.2) is 40.9 Å². The van der Waals surface area contributed by atoms with Gasteiger partial charge in [0.1, 0.15) is 5.75 Å². The first-order chi connectivity index (χ1) is 11.4. The summed E-state index contributed by atoms with van der Waals surface area (Å²) in [6.07, 6.45) is 0. The lowest BCUT2D eigenvalue weighted by Crippen LogP contribution is -2.34. The van der Waals surface area contributed by atoms with Crippen molar-refractivity contribution in [2.75, 3.05) is 11.9 Å². The second kappa shape index (κ2) is 8.67. The fourth-order valence-corrected chi connectivity index (χ4v) is 2.89. The third kappa shape index (κ3) is 4.83. The lowest BCUT2D eigenvalue weighted by Gasteiger charge is -2.12. The first-order valence-corrected chi connectivity index (χ1v) is 8.86. The zero-order chi connectivity index (χ0) is 17.7. The summed E-state index contributed by atoms with van der Waals surface area (Å²) in [6.45, 7) is 2.43. The van der Waals surface area contributed by atoms with Crippen molar-refractivity contribution in [3.63, 3.8) is 0 Å². The van der Waals surface area contributed by atoms with Gasteiger partial charge in [0, 0.05) is 5.56 Å². The quantitative estimate of drug-likeness (QED) is 0.626.